The van der Waals surface area contributed by atoms with Gasteiger partial charge in [0.25, 0.3) is 5.91 Å². The third-order valence-electron chi connectivity index (χ3n) is 3.95. The van der Waals surface area contributed by atoms with Crippen LogP contribution in [0.25, 0.3) is 11.3 Å². The van der Waals surface area contributed by atoms with E-state index in [4.69, 9.17) is 27.6 Å². The molecule has 0 atom stereocenters. The lowest BCUT2D eigenvalue weighted by Crippen LogP contribution is -2.18. The molecular formula is C21H18Cl2N2O3. The molecule has 5 nitrogen and oxygen atoms in total. The average molecular weight is 417 g/mol. The Morgan fingerprint density at radius 1 is 0.893 bits per heavy atom. The second-order valence-corrected chi connectivity index (χ2v) is 7.29. The summed E-state index contributed by atoms with van der Waals surface area (Å²) in [6.07, 6.45) is 0. The number of rotatable bonds is 5. The van der Waals surface area contributed by atoms with E-state index in [1.54, 1.807) is 54.6 Å². The monoisotopic (exact) mass is 416 g/mol. The molecule has 3 rings (SSSR count). The fraction of sp³-hybridized carbons (Fsp3) is 0.143. The first-order valence-electron chi connectivity index (χ1n) is 8.61. The molecule has 1 heterocycles. The normalized spacial score (nSPS) is 10.8. The fourth-order valence-electron chi connectivity index (χ4n) is 2.42. The van der Waals surface area contributed by atoms with Crippen molar-refractivity contribution in [2.75, 3.05) is 10.6 Å². The standard InChI is InChI=1S/C21H18Cl2N2O3/c1-12(2)20(26)24-14-4-3-5-15(11-14)25-21(27)19-9-8-18(28-19)13-6-7-16(22)17(23)10-13/h3-12H,1-2H3,(H,24,26)(H,25,27). The van der Waals surface area contributed by atoms with Crippen LogP contribution in [0.1, 0.15) is 24.4 Å². The number of benzene rings is 2. The Labute approximate surface area is 172 Å². The summed E-state index contributed by atoms with van der Waals surface area (Å²) < 4.78 is 5.64. The molecule has 2 N–H and O–H groups in total. The number of anilines is 2. The van der Waals surface area contributed by atoms with Gasteiger partial charge in [-0.25, -0.2) is 0 Å². The van der Waals surface area contributed by atoms with E-state index in [-0.39, 0.29) is 17.6 Å². The van der Waals surface area contributed by atoms with Crippen LogP contribution >= 0.6 is 23.2 Å². The van der Waals surface area contributed by atoms with Gasteiger partial charge in [0.1, 0.15) is 5.76 Å². The Bertz CT molecular complexity index is 1030. The third kappa shape index (κ3) is 4.74. The lowest BCUT2D eigenvalue weighted by atomic mass is 10.2. The van der Waals surface area contributed by atoms with Gasteiger partial charge in [-0.1, -0.05) is 43.1 Å². The smallest absolute Gasteiger partial charge is 0.291 e. The van der Waals surface area contributed by atoms with Crippen molar-refractivity contribution in [3.63, 3.8) is 0 Å². The highest BCUT2D eigenvalue weighted by atomic mass is 35.5. The second kappa shape index (κ2) is 8.50. The van der Waals surface area contributed by atoms with Crippen LogP contribution in [0, 0.1) is 5.92 Å². The molecule has 0 spiro atoms. The topological polar surface area (TPSA) is 71.3 Å². The fourth-order valence-corrected chi connectivity index (χ4v) is 2.72. The second-order valence-electron chi connectivity index (χ2n) is 6.47. The summed E-state index contributed by atoms with van der Waals surface area (Å²) in [5, 5.41) is 6.40. The van der Waals surface area contributed by atoms with Crippen molar-refractivity contribution in [1.29, 1.82) is 0 Å². The van der Waals surface area contributed by atoms with E-state index in [2.05, 4.69) is 10.6 Å². The molecule has 0 saturated carbocycles. The van der Waals surface area contributed by atoms with Gasteiger partial charge in [0.05, 0.1) is 10.0 Å². The lowest BCUT2D eigenvalue weighted by molar-refractivity contribution is -0.118. The van der Waals surface area contributed by atoms with Crippen molar-refractivity contribution in [2.24, 2.45) is 5.92 Å². The molecule has 1 aromatic heterocycles. The van der Waals surface area contributed by atoms with Gasteiger partial charge in [-0.3, -0.25) is 9.59 Å². The Hall–Kier alpha value is -2.76. The molecule has 0 bridgehead atoms. The van der Waals surface area contributed by atoms with Crippen LogP contribution in [-0.4, -0.2) is 11.8 Å². The first-order valence-corrected chi connectivity index (χ1v) is 9.36. The molecule has 3 aromatic rings. The van der Waals surface area contributed by atoms with E-state index < -0.39 is 5.91 Å². The van der Waals surface area contributed by atoms with Crippen molar-refractivity contribution < 1.29 is 14.0 Å². The Balaban J connectivity index is 1.73. The quantitative estimate of drug-likeness (QED) is 0.527. The van der Waals surface area contributed by atoms with Gasteiger partial charge < -0.3 is 15.1 Å². The number of carbonyl (C=O) groups is 2. The number of furan rings is 1. The summed E-state index contributed by atoms with van der Waals surface area (Å²) in [4.78, 5) is 24.3. The molecule has 28 heavy (non-hydrogen) atoms. The maximum Gasteiger partial charge on any atom is 0.291 e. The number of halogens is 2. The van der Waals surface area contributed by atoms with Gasteiger partial charge in [0, 0.05) is 22.9 Å². The SMILES string of the molecule is CC(C)C(=O)Nc1cccc(NC(=O)c2ccc(-c3ccc(Cl)c(Cl)c3)o2)c1. The zero-order valence-electron chi connectivity index (χ0n) is 15.3. The molecule has 7 heteroatoms. The van der Waals surface area contributed by atoms with Crippen molar-refractivity contribution in [3.8, 4) is 11.3 Å². The molecule has 0 aliphatic rings. The van der Waals surface area contributed by atoms with E-state index in [1.165, 1.54) is 0 Å². The number of nitrogens with one attached hydrogen (secondary N) is 2. The van der Waals surface area contributed by atoms with Gasteiger partial charge in [0.2, 0.25) is 5.91 Å². The highest BCUT2D eigenvalue weighted by Crippen LogP contribution is 2.29. The molecule has 2 aromatic carbocycles. The minimum atomic E-state index is -0.404. The van der Waals surface area contributed by atoms with E-state index in [0.717, 1.165) is 0 Å². The van der Waals surface area contributed by atoms with Crippen molar-refractivity contribution in [3.05, 3.63) is 70.4 Å². The van der Waals surface area contributed by atoms with E-state index in [1.807, 2.05) is 13.8 Å². The first kappa shape index (κ1) is 20.0. The predicted molar refractivity (Wildman–Crippen MR) is 112 cm³/mol. The van der Waals surface area contributed by atoms with Crippen LogP contribution in [0.3, 0.4) is 0 Å². The van der Waals surface area contributed by atoms with Crippen LogP contribution in [0.15, 0.2) is 59.0 Å². The molecule has 0 unspecified atom stereocenters. The number of amides is 2. The zero-order chi connectivity index (χ0) is 20.3. The summed E-state index contributed by atoms with van der Waals surface area (Å²) >= 11 is 12.0. The molecule has 0 radical (unpaired) electrons. The maximum atomic E-state index is 12.5. The first-order chi connectivity index (χ1) is 13.3. The summed E-state index contributed by atoms with van der Waals surface area (Å²) in [6.45, 7) is 3.62. The average Bonchev–Trinajstić information content (AvgIpc) is 3.14. The summed E-state index contributed by atoms with van der Waals surface area (Å²) in [6, 6.07) is 15.3. The van der Waals surface area contributed by atoms with Crippen LogP contribution in [-0.2, 0) is 4.79 Å². The van der Waals surface area contributed by atoms with Gasteiger partial charge in [0.15, 0.2) is 5.76 Å². The minimum absolute atomic E-state index is 0.0965. The van der Waals surface area contributed by atoms with E-state index in [0.29, 0.717) is 32.7 Å². The van der Waals surface area contributed by atoms with Crippen molar-refractivity contribution in [1.82, 2.24) is 0 Å². The predicted octanol–water partition coefficient (Wildman–Crippen LogP) is 6.10. The lowest BCUT2D eigenvalue weighted by Gasteiger charge is -2.09. The molecule has 0 fully saturated rings. The molecule has 144 valence electrons. The van der Waals surface area contributed by atoms with Crippen LogP contribution < -0.4 is 10.6 Å². The Kier molecular flexibility index (Phi) is 6.07. The number of hydrogen-bond acceptors (Lipinski definition) is 3. The van der Waals surface area contributed by atoms with Gasteiger partial charge in [-0.2, -0.15) is 0 Å². The molecule has 0 aliphatic heterocycles. The molecule has 2 amide bonds. The van der Waals surface area contributed by atoms with Crippen LogP contribution in [0.2, 0.25) is 10.0 Å². The molecule has 0 saturated heterocycles. The number of hydrogen-bond donors (Lipinski definition) is 2. The number of carbonyl (C=O) groups excluding carboxylic acids is 2. The van der Waals surface area contributed by atoms with Gasteiger partial charge in [-0.15, -0.1) is 0 Å². The highest BCUT2D eigenvalue weighted by molar-refractivity contribution is 6.42. The van der Waals surface area contributed by atoms with Crippen LogP contribution in [0.5, 0.6) is 0 Å². The minimum Gasteiger partial charge on any atom is -0.451 e. The van der Waals surface area contributed by atoms with Crippen molar-refractivity contribution in [2.45, 2.75) is 13.8 Å². The Morgan fingerprint density at radius 3 is 2.29 bits per heavy atom. The summed E-state index contributed by atoms with van der Waals surface area (Å²) in [5.74, 6) is 0.0138. The van der Waals surface area contributed by atoms with Crippen LogP contribution in [0.4, 0.5) is 11.4 Å². The maximum absolute atomic E-state index is 12.5. The van der Waals surface area contributed by atoms with Gasteiger partial charge >= 0.3 is 0 Å². The van der Waals surface area contributed by atoms with E-state index in [9.17, 15) is 9.59 Å². The summed E-state index contributed by atoms with van der Waals surface area (Å²) in [7, 11) is 0. The van der Waals surface area contributed by atoms with Crippen molar-refractivity contribution >= 4 is 46.4 Å². The highest BCUT2D eigenvalue weighted by Gasteiger charge is 2.14. The third-order valence-corrected chi connectivity index (χ3v) is 4.69. The van der Waals surface area contributed by atoms with E-state index >= 15 is 0 Å². The Morgan fingerprint density at radius 2 is 1.61 bits per heavy atom. The largest absolute Gasteiger partial charge is 0.451 e. The van der Waals surface area contributed by atoms with Gasteiger partial charge in [-0.05, 0) is 48.5 Å². The summed E-state index contributed by atoms with van der Waals surface area (Å²) in [5.41, 5.74) is 1.86. The molecular weight excluding hydrogens is 399 g/mol. The zero-order valence-corrected chi connectivity index (χ0v) is 16.8. The molecule has 0 aliphatic carbocycles.